The molecule has 1 saturated heterocycles. The molecule has 1 atom stereocenters. The maximum absolute atomic E-state index is 4.33. The van der Waals surface area contributed by atoms with E-state index < -0.39 is 0 Å². The fourth-order valence-electron chi connectivity index (χ4n) is 3.06. The maximum Gasteiger partial charge on any atom is 0.0997 e. The summed E-state index contributed by atoms with van der Waals surface area (Å²) in [6, 6.07) is 0.667. The van der Waals surface area contributed by atoms with Gasteiger partial charge in [-0.25, -0.2) is 4.68 Å². The van der Waals surface area contributed by atoms with Crippen LogP contribution in [0.4, 0.5) is 0 Å². The van der Waals surface area contributed by atoms with Gasteiger partial charge in [0.2, 0.25) is 0 Å². The van der Waals surface area contributed by atoms with E-state index in [2.05, 4.69) is 32.1 Å². The molecule has 5 nitrogen and oxygen atoms in total. The molecule has 0 aromatic carbocycles. The van der Waals surface area contributed by atoms with Crippen molar-refractivity contribution in [2.24, 2.45) is 0 Å². The van der Waals surface area contributed by atoms with E-state index in [-0.39, 0.29) is 0 Å². The van der Waals surface area contributed by atoms with Crippen LogP contribution in [0.25, 0.3) is 0 Å². The molecular formula is C12H21N5. The lowest BCUT2D eigenvalue weighted by molar-refractivity contribution is 0.235. The highest BCUT2D eigenvalue weighted by molar-refractivity contribution is 5.13. The molecule has 0 aliphatic carbocycles. The van der Waals surface area contributed by atoms with E-state index in [1.807, 2.05) is 0 Å². The summed E-state index contributed by atoms with van der Waals surface area (Å²) >= 11 is 0. The standard InChI is InChI=1S/C12H21N5/c1-2-16-7-3-4-10(16)9-17-12-5-6-13-8-11(12)14-15-17/h10,13H,2-9H2,1H3. The van der Waals surface area contributed by atoms with E-state index in [0.29, 0.717) is 6.04 Å². The molecule has 0 saturated carbocycles. The highest BCUT2D eigenvalue weighted by Gasteiger charge is 2.25. The van der Waals surface area contributed by atoms with Crippen LogP contribution in [0.15, 0.2) is 0 Å². The Kier molecular flexibility index (Phi) is 3.11. The van der Waals surface area contributed by atoms with Crippen molar-refractivity contribution in [3.63, 3.8) is 0 Å². The zero-order chi connectivity index (χ0) is 11.7. The number of aromatic nitrogens is 3. The molecule has 5 heteroatoms. The van der Waals surface area contributed by atoms with Gasteiger partial charge in [0, 0.05) is 25.6 Å². The molecule has 2 aliphatic rings. The van der Waals surface area contributed by atoms with Gasteiger partial charge in [0.1, 0.15) is 0 Å². The first-order chi connectivity index (χ1) is 8.38. The second-order valence-corrected chi connectivity index (χ2v) is 5.02. The minimum Gasteiger partial charge on any atom is -0.311 e. The normalized spacial score (nSPS) is 25.1. The highest BCUT2D eigenvalue weighted by atomic mass is 15.4. The van der Waals surface area contributed by atoms with Crippen molar-refractivity contribution in [1.82, 2.24) is 25.2 Å². The predicted octanol–water partition coefficient (Wildman–Crippen LogP) is 0.408. The smallest absolute Gasteiger partial charge is 0.0997 e. The van der Waals surface area contributed by atoms with Crippen molar-refractivity contribution < 1.29 is 0 Å². The Hall–Kier alpha value is -0.940. The molecule has 94 valence electrons. The van der Waals surface area contributed by atoms with Gasteiger partial charge in [0.15, 0.2) is 0 Å². The summed E-state index contributed by atoms with van der Waals surface area (Å²) < 4.78 is 2.15. The van der Waals surface area contributed by atoms with Crippen molar-refractivity contribution in [3.8, 4) is 0 Å². The van der Waals surface area contributed by atoms with Gasteiger partial charge < -0.3 is 5.32 Å². The number of likely N-dealkylation sites (tertiary alicyclic amines) is 1. The van der Waals surface area contributed by atoms with E-state index in [4.69, 9.17) is 0 Å². The third-order valence-electron chi connectivity index (χ3n) is 4.04. The Morgan fingerprint density at radius 1 is 1.47 bits per heavy atom. The van der Waals surface area contributed by atoms with E-state index in [1.54, 1.807) is 0 Å². The fraction of sp³-hybridized carbons (Fsp3) is 0.833. The number of nitrogens with zero attached hydrogens (tertiary/aromatic N) is 4. The van der Waals surface area contributed by atoms with Crippen molar-refractivity contribution in [3.05, 3.63) is 11.4 Å². The number of rotatable bonds is 3. The molecular weight excluding hydrogens is 214 g/mol. The van der Waals surface area contributed by atoms with E-state index >= 15 is 0 Å². The lowest BCUT2D eigenvalue weighted by Gasteiger charge is -2.23. The third-order valence-corrected chi connectivity index (χ3v) is 4.04. The molecule has 1 aromatic heterocycles. The Morgan fingerprint density at radius 2 is 2.41 bits per heavy atom. The summed E-state index contributed by atoms with van der Waals surface area (Å²) in [6.45, 7) is 7.62. The highest BCUT2D eigenvalue weighted by Crippen LogP contribution is 2.19. The number of hydrogen-bond acceptors (Lipinski definition) is 4. The Balaban J connectivity index is 1.74. The number of likely N-dealkylation sites (N-methyl/N-ethyl adjacent to an activating group) is 1. The number of fused-ring (bicyclic) bond motifs is 1. The Labute approximate surface area is 102 Å². The second kappa shape index (κ2) is 4.74. The molecule has 1 unspecified atom stereocenters. The zero-order valence-corrected chi connectivity index (χ0v) is 10.5. The topological polar surface area (TPSA) is 46.0 Å². The van der Waals surface area contributed by atoms with Crippen molar-refractivity contribution >= 4 is 0 Å². The quantitative estimate of drug-likeness (QED) is 0.824. The van der Waals surface area contributed by atoms with E-state index in [0.717, 1.165) is 38.3 Å². The molecule has 2 aliphatic heterocycles. The molecule has 3 heterocycles. The van der Waals surface area contributed by atoms with Gasteiger partial charge in [0.25, 0.3) is 0 Å². The molecule has 17 heavy (non-hydrogen) atoms. The van der Waals surface area contributed by atoms with Crippen LogP contribution in [0.3, 0.4) is 0 Å². The second-order valence-electron chi connectivity index (χ2n) is 5.02. The molecule has 3 rings (SSSR count). The van der Waals surface area contributed by atoms with Crippen molar-refractivity contribution in [2.45, 2.75) is 45.3 Å². The SMILES string of the molecule is CCN1CCCC1Cn1nnc2c1CCNC2. The van der Waals surface area contributed by atoms with Crippen molar-refractivity contribution in [2.75, 3.05) is 19.6 Å². The Bertz CT molecular complexity index is 386. The van der Waals surface area contributed by atoms with Gasteiger partial charge in [0.05, 0.1) is 17.9 Å². The zero-order valence-electron chi connectivity index (χ0n) is 10.5. The molecule has 0 amide bonds. The summed E-state index contributed by atoms with van der Waals surface area (Å²) in [4.78, 5) is 2.56. The van der Waals surface area contributed by atoms with E-state index in [9.17, 15) is 0 Å². The summed E-state index contributed by atoms with van der Waals surface area (Å²) in [7, 11) is 0. The van der Waals surface area contributed by atoms with Crippen LogP contribution in [0, 0.1) is 0 Å². The molecule has 0 radical (unpaired) electrons. The van der Waals surface area contributed by atoms with Gasteiger partial charge in [-0.3, -0.25) is 4.90 Å². The molecule has 1 N–H and O–H groups in total. The predicted molar refractivity (Wildman–Crippen MR) is 65.7 cm³/mol. The number of nitrogens with one attached hydrogen (secondary N) is 1. The monoisotopic (exact) mass is 235 g/mol. The first kappa shape index (κ1) is 11.2. The van der Waals surface area contributed by atoms with Gasteiger partial charge in [-0.2, -0.15) is 0 Å². The Morgan fingerprint density at radius 3 is 3.29 bits per heavy atom. The summed E-state index contributed by atoms with van der Waals surface area (Å²) in [5.41, 5.74) is 2.50. The number of hydrogen-bond donors (Lipinski definition) is 1. The summed E-state index contributed by atoms with van der Waals surface area (Å²) in [6.07, 6.45) is 3.71. The van der Waals surface area contributed by atoms with Crippen LogP contribution >= 0.6 is 0 Å². The van der Waals surface area contributed by atoms with Crippen molar-refractivity contribution in [1.29, 1.82) is 0 Å². The summed E-state index contributed by atoms with van der Waals surface area (Å²) in [5, 5.41) is 12.0. The third kappa shape index (κ3) is 2.09. The molecule has 0 spiro atoms. The molecule has 1 fully saturated rings. The lowest BCUT2D eigenvalue weighted by Crippen LogP contribution is -2.34. The van der Waals surface area contributed by atoms with Crippen LogP contribution in [0.2, 0.25) is 0 Å². The van der Waals surface area contributed by atoms with Crippen LogP contribution in [-0.2, 0) is 19.5 Å². The van der Waals surface area contributed by atoms with Gasteiger partial charge in [-0.15, -0.1) is 5.10 Å². The molecule has 0 bridgehead atoms. The minimum atomic E-state index is 0.667. The van der Waals surface area contributed by atoms with E-state index in [1.165, 1.54) is 25.1 Å². The largest absolute Gasteiger partial charge is 0.311 e. The van der Waals surface area contributed by atoms with Crippen LogP contribution < -0.4 is 5.32 Å². The van der Waals surface area contributed by atoms with Gasteiger partial charge >= 0.3 is 0 Å². The first-order valence-corrected chi connectivity index (χ1v) is 6.74. The van der Waals surface area contributed by atoms with Gasteiger partial charge in [-0.05, 0) is 25.9 Å². The summed E-state index contributed by atoms with van der Waals surface area (Å²) in [5.74, 6) is 0. The van der Waals surface area contributed by atoms with Crippen LogP contribution in [0.5, 0.6) is 0 Å². The first-order valence-electron chi connectivity index (χ1n) is 6.74. The van der Waals surface area contributed by atoms with Crippen LogP contribution in [-0.4, -0.2) is 45.6 Å². The minimum absolute atomic E-state index is 0.667. The lowest BCUT2D eigenvalue weighted by atomic mass is 10.1. The average Bonchev–Trinajstić information content (AvgIpc) is 2.97. The van der Waals surface area contributed by atoms with Gasteiger partial charge in [-0.1, -0.05) is 12.1 Å². The molecule has 1 aromatic rings. The van der Waals surface area contributed by atoms with Crippen LogP contribution in [0.1, 0.15) is 31.2 Å². The fourth-order valence-corrected chi connectivity index (χ4v) is 3.06. The average molecular weight is 235 g/mol. The maximum atomic E-state index is 4.33.